The minimum atomic E-state index is -0.308. The summed E-state index contributed by atoms with van der Waals surface area (Å²) in [5.74, 6) is 0.705. The summed E-state index contributed by atoms with van der Waals surface area (Å²) in [4.78, 5) is 16.4. The number of anilines is 1. The Labute approximate surface area is 141 Å². The number of urea groups is 1. The van der Waals surface area contributed by atoms with Crippen LogP contribution in [0.2, 0.25) is 0 Å². The van der Waals surface area contributed by atoms with E-state index >= 15 is 0 Å². The molecule has 7 heteroatoms. The molecule has 2 heterocycles. The van der Waals surface area contributed by atoms with Gasteiger partial charge in [0, 0.05) is 11.3 Å². The highest BCUT2D eigenvalue weighted by molar-refractivity contribution is 5.87. The summed E-state index contributed by atoms with van der Waals surface area (Å²) in [6.45, 7) is 10.1. The lowest BCUT2D eigenvalue weighted by Gasteiger charge is -2.28. The van der Waals surface area contributed by atoms with Crippen molar-refractivity contribution in [3.63, 3.8) is 0 Å². The lowest BCUT2D eigenvalue weighted by atomic mass is 9.92. The van der Waals surface area contributed by atoms with E-state index < -0.39 is 0 Å². The highest BCUT2D eigenvalue weighted by atomic mass is 16.4. The van der Waals surface area contributed by atoms with E-state index in [0.717, 1.165) is 30.5 Å². The molecule has 7 nitrogen and oxygen atoms in total. The third-order valence-electron chi connectivity index (χ3n) is 4.37. The van der Waals surface area contributed by atoms with Gasteiger partial charge in [-0.3, -0.25) is 10.00 Å². The average Bonchev–Trinajstić information content (AvgIpc) is 3.03. The maximum atomic E-state index is 12.3. The summed E-state index contributed by atoms with van der Waals surface area (Å²) >= 11 is 0. The van der Waals surface area contributed by atoms with Crippen LogP contribution in [0.4, 0.5) is 10.8 Å². The standard InChI is InChI=1S/C17H25N5O2/c1-10-11(2)24-16(19-10)21-15(23)20-13-7-6-8-14-12(13)9-18-22(14)17(3,4)5/h9,13H,6-8H2,1-5H3,(H2,19,20,21,23)/t13-/m1/s1. The highest BCUT2D eigenvalue weighted by Crippen LogP contribution is 2.32. The van der Waals surface area contributed by atoms with Crippen LogP contribution in [0.1, 0.15) is 62.4 Å². The number of hydrogen-bond donors (Lipinski definition) is 2. The van der Waals surface area contributed by atoms with Gasteiger partial charge < -0.3 is 9.73 Å². The van der Waals surface area contributed by atoms with Gasteiger partial charge in [0.25, 0.3) is 0 Å². The van der Waals surface area contributed by atoms with E-state index in [1.165, 1.54) is 5.69 Å². The third-order valence-corrected chi connectivity index (χ3v) is 4.37. The Morgan fingerprint density at radius 1 is 1.38 bits per heavy atom. The number of carbonyl (C=O) groups is 1. The molecule has 0 spiro atoms. The summed E-state index contributed by atoms with van der Waals surface area (Å²) in [7, 11) is 0. The van der Waals surface area contributed by atoms with Gasteiger partial charge in [0.05, 0.1) is 23.5 Å². The number of carbonyl (C=O) groups excluding carboxylic acids is 1. The first-order valence-electron chi connectivity index (χ1n) is 8.34. The van der Waals surface area contributed by atoms with Crippen LogP contribution in [-0.4, -0.2) is 20.8 Å². The summed E-state index contributed by atoms with van der Waals surface area (Å²) in [5.41, 5.74) is 3.02. The van der Waals surface area contributed by atoms with Gasteiger partial charge in [0.2, 0.25) is 0 Å². The number of nitrogens with zero attached hydrogens (tertiary/aromatic N) is 3. The Balaban J connectivity index is 1.73. The molecular weight excluding hydrogens is 306 g/mol. The monoisotopic (exact) mass is 331 g/mol. The predicted molar refractivity (Wildman–Crippen MR) is 91.0 cm³/mol. The number of aryl methyl sites for hydroxylation is 2. The number of oxazole rings is 1. The molecule has 0 saturated carbocycles. The summed E-state index contributed by atoms with van der Waals surface area (Å²) in [6, 6.07) is -0.122. The second-order valence-electron chi connectivity index (χ2n) is 7.33. The van der Waals surface area contributed by atoms with Crippen LogP contribution < -0.4 is 10.6 Å². The summed E-state index contributed by atoms with van der Waals surface area (Å²) in [6.07, 6.45) is 4.80. The molecule has 2 aromatic heterocycles. The molecule has 1 atom stereocenters. The topological polar surface area (TPSA) is 85.0 Å². The Kier molecular flexibility index (Phi) is 4.11. The molecule has 0 unspecified atom stereocenters. The second-order valence-corrected chi connectivity index (χ2v) is 7.33. The predicted octanol–water partition coefficient (Wildman–Crippen LogP) is 3.44. The molecule has 2 aromatic rings. The highest BCUT2D eigenvalue weighted by Gasteiger charge is 2.29. The molecule has 1 aliphatic rings. The molecule has 0 aromatic carbocycles. The van der Waals surface area contributed by atoms with Crippen LogP contribution in [0.5, 0.6) is 0 Å². The number of hydrogen-bond acceptors (Lipinski definition) is 4. The molecule has 0 saturated heterocycles. The Bertz CT molecular complexity index is 734. The fourth-order valence-electron chi connectivity index (χ4n) is 3.10. The van der Waals surface area contributed by atoms with E-state index in [9.17, 15) is 4.79 Å². The number of rotatable bonds is 2. The van der Waals surface area contributed by atoms with E-state index in [1.807, 2.05) is 20.0 Å². The average molecular weight is 331 g/mol. The van der Waals surface area contributed by atoms with Gasteiger partial charge in [-0.05, 0) is 53.9 Å². The van der Waals surface area contributed by atoms with Crippen molar-refractivity contribution in [1.82, 2.24) is 20.1 Å². The van der Waals surface area contributed by atoms with Crippen LogP contribution in [0, 0.1) is 13.8 Å². The second kappa shape index (κ2) is 5.96. The summed E-state index contributed by atoms with van der Waals surface area (Å²) < 4.78 is 7.46. The Hall–Kier alpha value is -2.31. The van der Waals surface area contributed by atoms with E-state index in [2.05, 4.69) is 46.2 Å². The molecule has 0 aliphatic heterocycles. The van der Waals surface area contributed by atoms with Crippen LogP contribution in [0.25, 0.3) is 0 Å². The number of amides is 2. The van der Waals surface area contributed by atoms with E-state index in [-0.39, 0.29) is 23.6 Å². The van der Waals surface area contributed by atoms with Crippen molar-refractivity contribution < 1.29 is 9.21 Å². The number of aromatic nitrogens is 3. The minimum Gasteiger partial charge on any atom is -0.428 e. The van der Waals surface area contributed by atoms with E-state index in [4.69, 9.17) is 4.42 Å². The van der Waals surface area contributed by atoms with Gasteiger partial charge in [0.1, 0.15) is 5.76 Å². The molecule has 1 aliphatic carbocycles. The fourth-order valence-corrected chi connectivity index (χ4v) is 3.10. The fraction of sp³-hybridized carbons (Fsp3) is 0.588. The largest absolute Gasteiger partial charge is 0.428 e. The van der Waals surface area contributed by atoms with Gasteiger partial charge >= 0.3 is 12.0 Å². The van der Waals surface area contributed by atoms with Crippen molar-refractivity contribution in [3.8, 4) is 0 Å². The van der Waals surface area contributed by atoms with Crippen LogP contribution in [0.15, 0.2) is 10.6 Å². The summed E-state index contributed by atoms with van der Waals surface area (Å²) in [5, 5.41) is 10.2. The number of nitrogens with one attached hydrogen (secondary N) is 2. The maximum Gasteiger partial charge on any atom is 0.323 e. The lowest BCUT2D eigenvalue weighted by Crippen LogP contribution is -2.35. The zero-order valence-corrected chi connectivity index (χ0v) is 14.9. The molecule has 0 bridgehead atoms. The first-order valence-corrected chi connectivity index (χ1v) is 8.34. The zero-order chi connectivity index (χ0) is 17.5. The number of fused-ring (bicyclic) bond motifs is 1. The van der Waals surface area contributed by atoms with Crippen molar-refractivity contribution in [2.75, 3.05) is 5.32 Å². The van der Waals surface area contributed by atoms with Gasteiger partial charge in [-0.15, -0.1) is 0 Å². The van der Waals surface area contributed by atoms with Crippen LogP contribution in [0.3, 0.4) is 0 Å². The van der Waals surface area contributed by atoms with E-state index in [1.54, 1.807) is 0 Å². The van der Waals surface area contributed by atoms with Gasteiger partial charge in [0.15, 0.2) is 0 Å². The first-order chi connectivity index (χ1) is 11.3. The minimum absolute atomic E-state index is 0.0398. The van der Waals surface area contributed by atoms with E-state index in [0.29, 0.717) is 5.76 Å². The van der Waals surface area contributed by atoms with Gasteiger partial charge in [-0.25, -0.2) is 4.79 Å². The Morgan fingerprint density at radius 2 is 2.12 bits per heavy atom. The first kappa shape index (κ1) is 16.5. The molecule has 24 heavy (non-hydrogen) atoms. The SMILES string of the molecule is Cc1nc(NC(=O)N[C@@H]2CCCc3c2cnn3C(C)(C)C)oc1C. The molecule has 3 rings (SSSR count). The normalized spacial score (nSPS) is 17.5. The molecule has 2 amide bonds. The van der Waals surface area contributed by atoms with Crippen molar-refractivity contribution in [1.29, 1.82) is 0 Å². The van der Waals surface area contributed by atoms with Crippen molar-refractivity contribution in [2.45, 2.75) is 65.5 Å². The van der Waals surface area contributed by atoms with Crippen LogP contribution in [-0.2, 0) is 12.0 Å². The van der Waals surface area contributed by atoms with Crippen molar-refractivity contribution in [3.05, 3.63) is 28.9 Å². The molecular formula is C17H25N5O2. The van der Waals surface area contributed by atoms with Crippen LogP contribution >= 0.6 is 0 Å². The Morgan fingerprint density at radius 3 is 2.75 bits per heavy atom. The molecule has 130 valence electrons. The lowest BCUT2D eigenvalue weighted by molar-refractivity contribution is 0.246. The zero-order valence-electron chi connectivity index (χ0n) is 14.9. The molecule has 0 fully saturated rings. The third kappa shape index (κ3) is 3.16. The molecule has 0 radical (unpaired) electrons. The van der Waals surface area contributed by atoms with Crippen molar-refractivity contribution in [2.24, 2.45) is 0 Å². The van der Waals surface area contributed by atoms with Crippen molar-refractivity contribution >= 4 is 12.0 Å². The quantitative estimate of drug-likeness (QED) is 0.883. The maximum absolute atomic E-state index is 12.3. The van der Waals surface area contributed by atoms with Gasteiger partial charge in [-0.2, -0.15) is 10.1 Å². The smallest absolute Gasteiger partial charge is 0.323 e. The molecule has 2 N–H and O–H groups in total. The van der Waals surface area contributed by atoms with Gasteiger partial charge in [-0.1, -0.05) is 0 Å².